The lowest BCUT2D eigenvalue weighted by Crippen LogP contribution is -2.21. The monoisotopic (exact) mass is 688 g/mol. The maximum absolute atomic E-state index is 14.4. The zero-order valence-corrected chi connectivity index (χ0v) is 28.7. The smallest absolute Gasteiger partial charge is 0.306 e. The summed E-state index contributed by atoms with van der Waals surface area (Å²) in [6.45, 7) is 1.89. The van der Waals surface area contributed by atoms with Crippen molar-refractivity contribution < 1.29 is 22.9 Å². The van der Waals surface area contributed by atoms with E-state index < -0.39 is 14.7 Å². The number of ether oxygens (including phenoxy) is 1. The average molecular weight is 689 g/mol. The quantitative estimate of drug-likeness (QED) is 0.0792. The fourth-order valence-electron chi connectivity index (χ4n) is 5.29. The van der Waals surface area contributed by atoms with E-state index in [-0.39, 0.29) is 0 Å². The van der Waals surface area contributed by atoms with Gasteiger partial charge in [-0.3, -0.25) is 9.13 Å². The third-order valence-corrected chi connectivity index (χ3v) is 12.6. The summed E-state index contributed by atoms with van der Waals surface area (Å²) in [6.07, 6.45) is 0. The molecule has 49 heavy (non-hydrogen) atoms. The Hall–Kier alpha value is -5.06. The van der Waals surface area contributed by atoms with Crippen molar-refractivity contribution in [2.75, 3.05) is 36.9 Å². The van der Waals surface area contributed by atoms with Gasteiger partial charge < -0.3 is 24.4 Å². The molecule has 0 saturated carbocycles. The van der Waals surface area contributed by atoms with Gasteiger partial charge in [-0.2, -0.15) is 0 Å². The Morgan fingerprint density at radius 3 is 1.00 bits per heavy atom. The van der Waals surface area contributed by atoms with E-state index in [1.54, 1.807) is 0 Å². The van der Waals surface area contributed by atoms with Crippen LogP contribution in [0.4, 0.5) is 11.4 Å². The van der Waals surface area contributed by atoms with Crippen molar-refractivity contribution in [2.24, 2.45) is 0 Å². The first-order chi connectivity index (χ1) is 24.1. The van der Waals surface area contributed by atoms with Gasteiger partial charge in [-0.15, -0.1) is 0 Å². The highest BCUT2D eigenvalue weighted by molar-refractivity contribution is 7.75. The summed E-state index contributed by atoms with van der Waals surface area (Å²) < 4.78 is 47.5. The lowest BCUT2D eigenvalue weighted by Gasteiger charge is -2.22. The first-order valence-electron chi connectivity index (χ1n) is 16.1. The Labute approximate surface area is 287 Å². The Bertz CT molecular complexity index is 1780. The number of rotatable bonds is 16. The Balaban J connectivity index is 1.04. The van der Waals surface area contributed by atoms with Crippen LogP contribution in [0.15, 0.2) is 170 Å². The van der Waals surface area contributed by atoms with Crippen LogP contribution in [0.2, 0.25) is 0 Å². The molecule has 0 unspecified atom stereocenters. The van der Waals surface area contributed by atoms with E-state index in [1.165, 1.54) is 0 Å². The Morgan fingerprint density at radius 2 is 0.673 bits per heavy atom. The maximum Gasteiger partial charge on any atom is 0.306 e. The molecule has 6 aromatic carbocycles. The molecule has 9 heteroatoms. The van der Waals surface area contributed by atoms with Gasteiger partial charge in [0.25, 0.3) is 0 Å². The zero-order valence-electron chi connectivity index (χ0n) is 26.9. The molecule has 2 N–H and O–H groups in total. The van der Waals surface area contributed by atoms with Crippen molar-refractivity contribution in [3.8, 4) is 11.5 Å². The number of para-hydroxylation sites is 4. The molecule has 0 saturated heterocycles. The molecule has 0 aromatic heterocycles. The van der Waals surface area contributed by atoms with Gasteiger partial charge in [-0.25, -0.2) is 0 Å². The van der Waals surface area contributed by atoms with Crippen LogP contribution < -0.4 is 40.9 Å². The molecule has 248 valence electrons. The van der Waals surface area contributed by atoms with E-state index in [4.69, 9.17) is 13.8 Å². The topological polar surface area (TPSA) is 85.9 Å². The highest BCUT2D eigenvalue weighted by atomic mass is 31.2. The van der Waals surface area contributed by atoms with Crippen molar-refractivity contribution in [1.82, 2.24) is 0 Å². The van der Waals surface area contributed by atoms with Crippen molar-refractivity contribution in [1.29, 1.82) is 0 Å². The van der Waals surface area contributed by atoms with Crippen molar-refractivity contribution in [2.45, 2.75) is 0 Å². The van der Waals surface area contributed by atoms with Gasteiger partial charge in [-0.1, -0.05) is 97.1 Å². The van der Waals surface area contributed by atoms with Gasteiger partial charge in [-0.05, 0) is 72.8 Å². The van der Waals surface area contributed by atoms with Gasteiger partial charge in [0.1, 0.15) is 0 Å². The molecule has 0 heterocycles. The van der Waals surface area contributed by atoms with Crippen LogP contribution in [0.5, 0.6) is 11.5 Å². The molecule has 7 nitrogen and oxygen atoms in total. The first-order valence-corrected chi connectivity index (χ1v) is 19.4. The summed E-state index contributed by atoms with van der Waals surface area (Å²) in [5.41, 5.74) is 1.45. The predicted molar refractivity (Wildman–Crippen MR) is 201 cm³/mol. The summed E-state index contributed by atoms with van der Waals surface area (Å²) >= 11 is 0. The molecular formula is C40H38N2O5P2. The average Bonchev–Trinajstić information content (AvgIpc) is 3.17. The fourth-order valence-corrected chi connectivity index (χ4v) is 9.43. The van der Waals surface area contributed by atoms with E-state index in [0.717, 1.165) is 11.4 Å². The van der Waals surface area contributed by atoms with Crippen LogP contribution in [0.25, 0.3) is 0 Å². The molecule has 0 spiro atoms. The summed E-state index contributed by atoms with van der Waals surface area (Å²) in [7, 11) is -6.83. The van der Waals surface area contributed by atoms with E-state index in [0.29, 0.717) is 59.0 Å². The SMILES string of the molecule is O=P(Oc1ccccc1NCCOCCNc1ccccc1OP(=O)(c1ccccc1)c1ccccc1)(c1ccccc1)c1ccccc1. The highest BCUT2D eigenvalue weighted by Crippen LogP contribution is 2.48. The van der Waals surface area contributed by atoms with Crippen molar-refractivity contribution in [3.05, 3.63) is 170 Å². The van der Waals surface area contributed by atoms with Crippen molar-refractivity contribution >= 4 is 47.3 Å². The van der Waals surface area contributed by atoms with Crippen LogP contribution in [0.3, 0.4) is 0 Å². The van der Waals surface area contributed by atoms with E-state index in [9.17, 15) is 9.13 Å². The Kier molecular flexibility index (Phi) is 11.3. The molecule has 0 aliphatic heterocycles. The van der Waals surface area contributed by atoms with E-state index in [2.05, 4.69) is 10.6 Å². The number of hydrogen-bond donors (Lipinski definition) is 2. The molecule has 0 fully saturated rings. The molecule has 0 aliphatic rings. The molecule has 6 rings (SSSR count). The van der Waals surface area contributed by atoms with Gasteiger partial charge in [0.2, 0.25) is 0 Å². The maximum atomic E-state index is 14.4. The fraction of sp³-hybridized carbons (Fsp3) is 0.100. The standard InChI is InChI=1S/C40H38N2O5P2/c43-48(33-17-5-1-6-18-33,34-19-7-2-8-20-34)46-39-27-15-13-25-37(39)41-29-31-45-32-30-42-38-26-14-16-28-40(38)47-49(44,35-21-9-3-10-22-35)36-23-11-4-12-24-36/h1-28,41-42H,29-32H2. The minimum absolute atomic E-state index is 0.431. The summed E-state index contributed by atoms with van der Waals surface area (Å²) in [5.74, 6) is 1.00. The van der Waals surface area contributed by atoms with Crippen LogP contribution >= 0.6 is 14.7 Å². The van der Waals surface area contributed by atoms with Gasteiger partial charge in [0.15, 0.2) is 11.5 Å². The molecule has 6 aromatic rings. The van der Waals surface area contributed by atoms with Gasteiger partial charge >= 0.3 is 14.7 Å². The highest BCUT2D eigenvalue weighted by Gasteiger charge is 2.32. The number of anilines is 2. The molecular weight excluding hydrogens is 650 g/mol. The van der Waals surface area contributed by atoms with Gasteiger partial charge in [0.05, 0.1) is 45.8 Å². The summed E-state index contributed by atoms with van der Waals surface area (Å²) in [5, 5.41) is 9.25. The molecule has 0 atom stereocenters. The third kappa shape index (κ3) is 8.33. The second-order valence-corrected chi connectivity index (χ2v) is 15.7. The number of hydrogen-bond acceptors (Lipinski definition) is 7. The minimum atomic E-state index is -3.42. The van der Waals surface area contributed by atoms with Crippen LogP contribution in [-0.4, -0.2) is 26.3 Å². The van der Waals surface area contributed by atoms with Gasteiger partial charge in [0, 0.05) is 13.1 Å². The lowest BCUT2D eigenvalue weighted by molar-refractivity contribution is 0.154. The van der Waals surface area contributed by atoms with E-state index >= 15 is 0 Å². The van der Waals surface area contributed by atoms with E-state index in [1.807, 2.05) is 170 Å². The lowest BCUT2D eigenvalue weighted by atomic mass is 10.3. The minimum Gasteiger partial charge on any atom is -0.435 e. The van der Waals surface area contributed by atoms with Crippen LogP contribution in [-0.2, 0) is 13.9 Å². The second kappa shape index (κ2) is 16.4. The number of nitrogens with one attached hydrogen (secondary N) is 2. The molecule has 0 radical (unpaired) electrons. The second-order valence-electron chi connectivity index (χ2n) is 11.1. The first kappa shape index (κ1) is 33.8. The molecule has 0 bridgehead atoms. The Morgan fingerprint density at radius 1 is 0.388 bits per heavy atom. The predicted octanol–water partition coefficient (Wildman–Crippen LogP) is 7.84. The molecule has 0 amide bonds. The largest absolute Gasteiger partial charge is 0.435 e. The zero-order chi connectivity index (χ0) is 33.8. The van der Waals surface area contributed by atoms with Crippen molar-refractivity contribution in [3.63, 3.8) is 0 Å². The van der Waals surface area contributed by atoms with Crippen LogP contribution in [0, 0.1) is 0 Å². The normalized spacial score (nSPS) is 11.4. The summed E-state index contributed by atoms with van der Waals surface area (Å²) in [6, 6.07) is 52.2. The summed E-state index contributed by atoms with van der Waals surface area (Å²) in [4.78, 5) is 0. The third-order valence-electron chi connectivity index (χ3n) is 7.74. The van der Waals surface area contributed by atoms with Crippen LogP contribution in [0.1, 0.15) is 0 Å². The number of benzene rings is 6. The molecule has 0 aliphatic carbocycles.